The van der Waals surface area contributed by atoms with Gasteiger partial charge in [-0.15, -0.1) is 0 Å². The molecule has 6 rings (SSSR count). The lowest BCUT2D eigenvalue weighted by atomic mass is 10.1. The third kappa shape index (κ3) is 2.78. The van der Waals surface area contributed by atoms with E-state index in [1.165, 1.54) is 9.79 Å². The number of nitrogen functional groups attached to an aromatic ring is 1. The summed E-state index contributed by atoms with van der Waals surface area (Å²) >= 11 is 1.63. The summed E-state index contributed by atoms with van der Waals surface area (Å²) in [6.45, 7) is 0. The van der Waals surface area contributed by atoms with Crippen molar-refractivity contribution in [3.05, 3.63) is 78.9 Å². The van der Waals surface area contributed by atoms with Crippen LogP contribution in [0.15, 0.2) is 88.7 Å². The van der Waals surface area contributed by atoms with Crippen LogP contribution in [0, 0.1) is 0 Å². The van der Waals surface area contributed by atoms with Gasteiger partial charge in [0.15, 0.2) is 0 Å². The van der Waals surface area contributed by atoms with E-state index >= 15 is 0 Å². The minimum absolute atomic E-state index is 0.652. The zero-order valence-electron chi connectivity index (χ0n) is 16.3. The fourth-order valence-corrected chi connectivity index (χ4v) is 5.17. The molecule has 0 unspecified atom stereocenters. The number of nitrogens with one attached hydrogen (secondary N) is 1. The van der Waals surface area contributed by atoms with E-state index in [1.54, 1.807) is 17.8 Å². The molecule has 0 spiro atoms. The van der Waals surface area contributed by atoms with Crippen molar-refractivity contribution in [2.24, 2.45) is 0 Å². The first kappa shape index (κ1) is 18.0. The number of para-hydroxylation sites is 1. The van der Waals surface area contributed by atoms with Gasteiger partial charge in [0.05, 0.1) is 22.4 Å². The van der Waals surface area contributed by atoms with Crippen LogP contribution in [0.4, 0.5) is 28.4 Å². The predicted octanol–water partition coefficient (Wildman–Crippen LogP) is 6.35. The van der Waals surface area contributed by atoms with Crippen LogP contribution in [0.3, 0.4) is 0 Å². The van der Waals surface area contributed by atoms with Crippen molar-refractivity contribution in [3.63, 3.8) is 0 Å². The predicted molar refractivity (Wildman–Crippen MR) is 125 cm³/mol. The number of hydrogen-bond donors (Lipinski definition) is 4. The Bertz CT molecular complexity index is 1490. The van der Waals surface area contributed by atoms with Crippen LogP contribution >= 0.6 is 11.8 Å². The molecule has 2 heterocycles. The van der Waals surface area contributed by atoms with Crippen LogP contribution in [0.1, 0.15) is 0 Å². The lowest BCUT2D eigenvalue weighted by Crippen LogP contribution is -2.15. The molecule has 0 saturated carbocycles. The Kier molecular flexibility index (Phi) is 3.83. The maximum atomic E-state index is 10.6. The lowest BCUT2D eigenvalue weighted by molar-refractivity contribution is 0.213. The highest BCUT2D eigenvalue weighted by molar-refractivity contribution is 7.99. The van der Waals surface area contributed by atoms with Gasteiger partial charge >= 0.3 is 0 Å². The largest absolute Gasteiger partial charge is 0.428 e. The summed E-state index contributed by atoms with van der Waals surface area (Å²) < 4.78 is 1.19. The number of nitrogens with two attached hydrogens (primary N) is 1. The van der Waals surface area contributed by atoms with Crippen molar-refractivity contribution < 1.29 is 10.4 Å². The van der Waals surface area contributed by atoms with Gasteiger partial charge in [0.1, 0.15) is 0 Å². The van der Waals surface area contributed by atoms with Crippen LogP contribution < -0.4 is 16.1 Å². The smallest absolute Gasteiger partial charge is 0.0880 e. The van der Waals surface area contributed by atoms with Gasteiger partial charge in [-0.25, -0.2) is 5.06 Å². The van der Waals surface area contributed by atoms with Crippen LogP contribution in [0.2, 0.25) is 0 Å². The summed E-state index contributed by atoms with van der Waals surface area (Å²) in [6, 6.07) is 24.9. The molecular weight excluding hydrogens is 408 g/mol. The zero-order chi connectivity index (χ0) is 21.1. The van der Waals surface area contributed by atoms with Gasteiger partial charge in [-0.2, -0.15) is 4.73 Å². The number of hydrogen-bond acceptors (Lipinski definition) is 6. The first-order valence-corrected chi connectivity index (χ1v) is 10.6. The van der Waals surface area contributed by atoms with E-state index in [0.29, 0.717) is 11.2 Å². The Morgan fingerprint density at radius 3 is 2.26 bits per heavy atom. The van der Waals surface area contributed by atoms with Gasteiger partial charge in [0.25, 0.3) is 0 Å². The summed E-state index contributed by atoms with van der Waals surface area (Å²) in [5, 5.41) is 27.6. The van der Waals surface area contributed by atoms with Gasteiger partial charge in [0, 0.05) is 37.6 Å². The second-order valence-electron chi connectivity index (χ2n) is 7.51. The maximum Gasteiger partial charge on any atom is 0.0880 e. The Hall–Kier alpha value is -3.81. The zero-order valence-corrected chi connectivity index (χ0v) is 17.1. The average molecular weight is 427 g/mol. The number of anilines is 5. The van der Waals surface area contributed by atoms with E-state index in [0.717, 1.165) is 48.8 Å². The van der Waals surface area contributed by atoms with Crippen LogP contribution in [-0.4, -0.2) is 15.1 Å². The molecule has 5 aromatic rings. The van der Waals surface area contributed by atoms with E-state index in [-0.39, 0.29) is 0 Å². The van der Waals surface area contributed by atoms with Crippen molar-refractivity contribution in [3.8, 4) is 0 Å². The third-order valence-corrected chi connectivity index (χ3v) is 6.67. The summed E-state index contributed by atoms with van der Waals surface area (Å²) in [5.74, 6) is 0. The Balaban J connectivity index is 1.38. The second kappa shape index (κ2) is 6.60. The number of aromatic nitrogens is 1. The van der Waals surface area contributed by atoms with Gasteiger partial charge in [-0.05, 0) is 66.7 Å². The molecule has 5 N–H and O–H groups in total. The number of rotatable bonds is 2. The minimum atomic E-state index is 0.652. The highest BCUT2D eigenvalue weighted by atomic mass is 32.2. The first-order valence-electron chi connectivity index (χ1n) is 9.78. The van der Waals surface area contributed by atoms with Gasteiger partial charge in [-0.1, -0.05) is 23.9 Å². The summed E-state index contributed by atoms with van der Waals surface area (Å²) in [6.07, 6.45) is 0. The monoisotopic (exact) mass is 426 g/mol. The lowest BCUT2D eigenvalue weighted by Gasteiger charge is -2.27. The van der Waals surface area contributed by atoms with E-state index < -0.39 is 0 Å². The fraction of sp³-hybridized carbons (Fsp3) is 0. The minimum Gasteiger partial charge on any atom is -0.428 e. The van der Waals surface area contributed by atoms with Crippen LogP contribution in [-0.2, 0) is 0 Å². The number of nitrogens with zero attached hydrogens (tertiary/aromatic N) is 2. The molecule has 0 radical (unpaired) electrons. The molecule has 6 nitrogen and oxygen atoms in total. The highest BCUT2D eigenvalue weighted by Crippen LogP contribution is 2.48. The first-order chi connectivity index (χ1) is 15.1. The van der Waals surface area contributed by atoms with Gasteiger partial charge in [0.2, 0.25) is 0 Å². The van der Waals surface area contributed by atoms with Crippen molar-refractivity contribution >= 4 is 62.0 Å². The van der Waals surface area contributed by atoms with E-state index in [1.807, 2.05) is 72.8 Å². The van der Waals surface area contributed by atoms with Gasteiger partial charge < -0.3 is 16.3 Å². The Morgan fingerprint density at radius 1 is 0.710 bits per heavy atom. The SMILES string of the molecule is Nc1ccc2c(c1)c1cc(Nc3ccc4c(c3)Sc3ccccc3N4O)ccc1n2O. The summed E-state index contributed by atoms with van der Waals surface area (Å²) in [5.41, 5.74) is 11.4. The molecule has 7 heteroatoms. The third-order valence-electron chi connectivity index (χ3n) is 5.55. The molecule has 0 atom stereocenters. The molecule has 0 fully saturated rings. The molecule has 1 aliphatic rings. The molecule has 31 heavy (non-hydrogen) atoms. The molecule has 0 amide bonds. The fourth-order valence-electron chi connectivity index (χ4n) is 4.08. The quantitative estimate of drug-likeness (QED) is 0.194. The molecule has 0 saturated heterocycles. The van der Waals surface area contributed by atoms with Gasteiger partial charge in [-0.3, -0.25) is 5.21 Å². The number of benzene rings is 4. The topological polar surface area (TPSA) is 86.7 Å². The Morgan fingerprint density at radius 2 is 1.39 bits per heavy atom. The molecule has 4 aromatic carbocycles. The summed E-state index contributed by atoms with van der Waals surface area (Å²) in [7, 11) is 0. The molecule has 1 aromatic heterocycles. The highest BCUT2D eigenvalue weighted by Gasteiger charge is 2.22. The molecule has 0 aliphatic carbocycles. The van der Waals surface area contributed by atoms with Crippen molar-refractivity contribution in [2.45, 2.75) is 9.79 Å². The van der Waals surface area contributed by atoms with Crippen molar-refractivity contribution in [1.29, 1.82) is 0 Å². The maximum absolute atomic E-state index is 10.6. The standard InChI is InChI=1S/C24H18N4O2S/c25-14-5-8-19-17(11-14)18-12-15(6-9-20(18)27(19)29)26-16-7-10-22-24(13-16)31-23-4-2-1-3-21(23)28(22)30/h1-13,26,29-30H,25H2. The molecule has 1 aliphatic heterocycles. The van der Waals surface area contributed by atoms with Crippen LogP contribution in [0.25, 0.3) is 21.8 Å². The second-order valence-corrected chi connectivity index (χ2v) is 8.59. The van der Waals surface area contributed by atoms with E-state index in [2.05, 4.69) is 5.32 Å². The molecular formula is C24H18N4O2S. The molecule has 0 bridgehead atoms. The van der Waals surface area contributed by atoms with E-state index in [4.69, 9.17) is 5.73 Å². The van der Waals surface area contributed by atoms with E-state index in [9.17, 15) is 10.4 Å². The van der Waals surface area contributed by atoms with Crippen molar-refractivity contribution in [2.75, 3.05) is 16.1 Å². The average Bonchev–Trinajstić information content (AvgIpc) is 3.05. The molecule has 152 valence electrons. The number of fused-ring (bicyclic) bond motifs is 5. The Labute approximate surface area is 182 Å². The van der Waals surface area contributed by atoms with Crippen molar-refractivity contribution in [1.82, 2.24) is 4.73 Å². The summed E-state index contributed by atoms with van der Waals surface area (Å²) in [4.78, 5) is 1.97. The normalized spacial score (nSPS) is 12.7. The van der Waals surface area contributed by atoms with Crippen LogP contribution in [0.5, 0.6) is 0 Å².